The summed E-state index contributed by atoms with van der Waals surface area (Å²) in [5.74, 6) is 0.625. The molecule has 3 nitrogen and oxygen atoms in total. The summed E-state index contributed by atoms with van der Waals surface area (Å²) in [5.41, 5.74) is 1.21. The van der Waals surface area contributed by atoms with Crippen molar-refractivity contribution in [1.29, 1.82) is 0 Å². The van der Waals surface area contributed by atoms with E-state index in [9.17, 15) is 9.90 Å². The molecule has 2 fully saturated rings. The zero-order chi connectivity index (χ0) is 12.8. The van der Waals surface area contributed by atoms with Crippen LogP contribution in [0.2, 0.25) is 0 Å². The first-order valence-corrected chi connectivity index (χ1v) is 6.76. The summed E-state index contributed by atoms with van der Waals surface area (Å²) in [6, 6.07) is 5.91. The lowest BCUT2D eigenvalue weighted by Gasteiger charge is -2.29. The van der Waals surface area contributed by atoms with Gasteiger partial charge in [0.05, 0.1) is 5.60 Å². The van der Waals surface area contributed by atoms with Crippen LogP contribution in [0.5, 0.6) is 0 Å². The largest absolute Gasteiger partial charge is 0.389 e. The van der Waals surface area contributed by atoms with Crippen molar-refractivity contribution in [3.63, 3.8) is 0 Å². The highest BCUT2D eigenvalue weighted by Crippen LogP contribution is 2.49. The standard InChI is InChI=1S/C15H19NO2/c1-10-3-2-4-11(16-10)9-15(18)8-7-12-13(15)5-6-14(12)17/h2-4,12-13,18H,5-9H2,1H3/t12-,13-,15-/m1/s1. The molecular formula is C15H19NO2. The number of aromatic nitrogens is 1. The van der Waals surface area contributed by atoms with E-state index in [4.69, 9.17) is 0 Å². The molecule has 0 aliphatic heterocycles. The number of Topliss-reactive ketones (excluding diaryl/α,β-unsaturated/α-hetero) is 1. The van der Waals surface area contributed by atoms with Crippen molar-refractivity contribution >= 4 is 5.78 Å². The van der Waals surface area contributed by atoms with E-state index in [-0.39, 0.29) is 11.8 Å². The van der Waals surface area contributed by atoms with Crippen LogP contribution in [0.25, 0.3) is 0 Å². The van der Waals surface area contributed by atoms with Crippen LogP contribution in [-0.4, -0.2) is 21.5 Å². The normalized spacial score (nSPS) is 34.9. The Morgan fingerprint density at radius 3 is 3.06 bits per heavy atom. The fourth-order valence-corrected chi connectivity index (χ4v) is 3.74. The van der Waals surface area contributed by atoms with Gasteiger partial charge in [-0.25, -0.2) is 0 Å². The predicted octanol–water partition coefficient (Wildman–Crippen LogP) is 2.05. The van der Waals surface area contributed by atoms with E-state index in [2.05, 4.69) is 4.98 Å². The molecule has 1 aromatic heterocycles. The van der Waals surface area contributed by atoms with Gasteiger partial charge in [-0.2, -0.15) is 0 Å². The van der Waals surface area contributed by atoms with Crippen molar-refractivity contribution in [3.05, 3.63) is 29.6 Å². The van der Waals surface area contributed by atoms with E-state index in [1.165, 1.54) is 0 Å². The zero-order valence-corrected chi connectivity index (χ0v) is 10.7. The minimum atomic E-state index is -0.711. The molecule has 0 spiro atoms. The number of aryl methyl sites for hydroxylation is 1. The zero-order valence-electron chi connectivity index (χ0n) is 10.7. The molecule has 2 saturated carbocycles. The molecule has 1 heterocycles. The van der Waals surface area contributed by atoms with Gasteiger partial charge in [0, 0.05) is 30.1 Å². The van der Waals surface area contributed by atoms with Crippen molar-refractivity contribution in [2.24, 2.45) is 11.8 Å². The second-order valence-corrected chi connectivity index (χ2v) is 5.81. The SMILES string of the molecule is Cc1cccc(C[C@]2(O)CC[C@H]3C(=O)CC[C@H]32)n1. The topological polar surface area (TPSA) is 50.2 Å². The Morgan fingerprint density at radius 1 is 1.44 bits per heavy atom. The van der Waals surface area contributed by atoms with Crippen molar-refractivity contribution in [1.82, 2.24) is 4.98 Å². The fourth-order valence-electron chi connectivity index (χ4n) is 3.74. The molecule has 0 bridgehead atoms. The number of hydrogen-bond donors (Lipinski definition) is 1. The summed E-state index contributed by atoms with van der Waals surface area (Å²) < 4.78 is 0. The highest BCUT2D eigenvalue weighted by atomic mass is 16.3. The van der Waals surface area contributed by atoms with Gasteiger partial charge in [0.2, 0.25) is 0 Å². The summed E-state index contributed by atoms with van der Waals surface area (Å²) in [6.07, 6.45) is 3.68. The Morgan fingerprint density at radius 2 is 2.28 bits per heavy atom. The molecular weight excluding hydrogens is 226 g/mol. The smallest absolute Gasteiger partial charge is 0.136 e. The highest BCUT2D eigenvalue weighted by Gasteiger charge is 2.52. The van der Waals surface area contributed by atoms with E-state index in [1.807, 2.05) is 25.1 Å². The first-order valence-electron chi connectivity index (χ1n) is 6.76. The summed E-state index contributed by atoms with van der Waals surface area (Å²) in [7, 11) is 0. The third-order valence-electron chi connectivity index (χ3n) is 4.61. The summed E-state index contributed by atoms with van der Waals surface area (Å²) in [5, 5.41) is 10.8. The fraction of sp³-hybridized carbons (Fsp3) is 0.600. The Labute approximate surface area is 107 Å². The van der Waals surface area contributed by atoms with Crippen molar-refractivity contribution in [2.45, 2.75) is 44.6 Å². The quantitative estimate of drug-likeness (QED) is 0.867. The third-order valence-corrected chi connectivity index (χ3v) is 4.61. The molecule has 96 valence electrons. The van der Waals surface area contributed by atoms with Crippen LogP contribution >= 0.6 is 0 Å². The minimum Gasteiger partial charge on any atom is -0.389 e. The van der Waals surface area contributed by atoms with Crippen LogP contribution in [0.3, 0.4) is 0 Å². The van der Waals surface area contributed by atoms with Crippen LogP contribution < -0.4 is 0 Å². The molecule has 18 heavy (non-hydrogen) atoms. The lowest BCUT2D eigenvalue weighted by Crippen LogP contribution is -2.36. The number of rotatable bonds is 2. The molecule has 2 aliphatic carbocycles. The number of pyridine rings is 1. The number of carbonyl (C=O) groups excluding carboxylic acids is 1. The molecule has 1 N–H and O–H groups in total. The molecule has 3 atom stereocenters. The lowest BCUT2D eigenvalue weighted by molar-refractivity contribution is -0.121. The molecule has 2 aliphatic rings. The average Bonchev–Trinajstić information content (AvgIpc) is 2.83. The van der Waals surface area contributed by atoms with E-state index in [0.29, 0.717) is 18.6 Å². The van der Waals surface area contributed by atoms with Crippen LogP contribution in [0.1, 0.15) is 37.1 Å². The van der Waals surface area contributed by atoms with Gasteiger partial charge in [-0.05, 0) is 44.2 Å². The molecule has 1 aromatic rings. The number of hydrogen-bond acceptors (Lipinski definition) is 3. The van der Waals surface area contributed by atoms with E-state index in [1.54, 1.807) is 0 Å². The molecule has 3 rings (SSSR count). The maximum atomic E-state index is 11.7. The molecule has 0 amide bonds. The van der Waals surface area contributed by atoms with Gasteiger partial charge >= 0.3 is 0 Å². The molecule has 0 saturated heterocycles. The Kier molecular flexibility index (Phi) is 2.74. The van der Waals surface area contributed by atoms with Gasteiger partial charge in [-0.3, -0.25) is 9.78 Å². The minimum absolute atomic E-state index is 0.111. The first-order chi connectivity index (χ1) is 8.58. The van der Waals surface area contributed by atoms with E-state index >= 15 is 0 Å². The van der Waals surface area contributed by atoms with Gasteiger partial charge in [0.15, 0.2) is 0 Å². The number of fused-ring (bicyclic) bond motifs is 1. The summed E-state index contributed by atoms with van der Waals surface area (Å²) in [6.45, 7) is 1.96. The summed E-state index contributed by atoms with van der Waals surface area (Å²) >= 11 is 0. The van der Waals surface area contributed by atoms with Crippen LogP contribution in [0, 0.1) is 18.8 Å². The van der Waals surface area contributed by atoms with Gasteiger partial charge < -0.3 is 5.11 Å². The Bertz CT molecular complexity index is 485. The predicted molar refractivity (Wildman–Crippen MR) is 68.1 cm³/mol. The van der Waals surface area contributed by atoms with Gasteiger partial charge in [-0.1, -0.05) is 6.07 Å². The lowest BCUT2D eigenvalue weighted by atomic mass is 9.84. The van der Waals surface area contributed by atoms with Gasteiger partial charge in [-0.15, -0.1) is 0 Å². The van der Waals surface area contributed by atoms with Gasteiger partial charge in [0.1, 0.15) is 5.78 Å². The number of aliphatic hydroxyl groups is 1. The summed E-state index contributed by atoms with van der Waals surface area (Å²) in [4.78, 5) is 16.2. The van der Waals surface area contributed by atoms with E-state index in [0.717, 1.165) is 30.7 Å². The van der Waals surface area contributed by atoms with Crippen LogP contribution in [-0.2, 0) is 11.2 Å². The molecule has 0 radical (unpaired) electrons. The second kappa shape index (κ2) is 4.16. The molecule has 0 aromatic carbocycles. The van der Waals surface area contributed by atoms with E-state index < -0.39 is 5.60 Å². The Balaban J connectivity index is 1.82. The maximum absolute atomic E-state index is 11.7. The van der Waals surface area contributed by atoms with Crippen LogP contribution in [0.4, 0.5) is 0 Å². The van der Waals surface area contributed by atoms with Gasteiger partial charge in [0.25, 0.3) is 0 Å². The van der Waals surface area contributed by atoms with Crippen molar-refractivity contribution in [3.8, 4) is 0 Å². The molecule has 0 unspecified atom stereocenters. The van der Waals surface area contributed by atoms with Crippen molar-refractivity contribution < 1.29 is 9.90 Å². The number of ketones is 1. The van der Waals surface area contributed by atoms with Crippen LogP contribution in [0.15, 0.2) is 18.2 Å². The molecule has 3 heteroatoms. The van der Waals surface area contributed by atoms with Crippen molar-refractivity contribution in [2.75, 3.05) is 0 Å². The monoisotopic (exact) mass is 245 g/mol. The number of carbonyl (C=O) groups is 1. The highest BCUT2D eigenvalue weighted by molar-refractivity contribution is 5.84. The Hall–Kier alpha value is -1.22. The first kappa shape index (κ1) is 11.8. The average molecular weight is 245 g/mol. The third kappa shape index (κ3) is 1.87. The second-order valence-electron chi connectivity index (χ2n) is 5.81. The number of nitrogens with zero attached hydrogens (tertiary/aromatic N) is 1. The maximum Gasteiger partial charge on any atom is 0.136 e.